The molecule has 1 heterocycles. The van der Waals surface area contributed by atoms with Crippen LogP contribution in [0.1, 0.15) is 26.7 Å². The SMILES string of the molecule is CC(CSC1CCC[Se]C1SCC(C)OS)OS. The first-order valence-corrected chi connectivity index (χ1v) is 11.2. The molecule has 1 fully saturated rings. The van der Waals surface area contributed by atoms with Crippen LogP contribution in [0.3, 0.4) is 0 Å². The summed E-state index contributed by atoms with van der Waals surface area (Å²) in [4.78, 5) is 0. The van der Waals surface area contributed by atoms with Gasteiger partial charge in [0.05, 0.1) is 0 Å². The molecule has 0 aromatic heterocycles. The molecule has 1 saturated heterocycles. The molecule has 108 valence electrons. The quantitative estimate of drug-likeness (QED) is 0.373. The van der Waals surface area contributed by atoms with Crippen molar-refractivity contribution in [2.45, 2.75) is 53.6 Å². The van der Waals surface area contributed by atoms with E-state index >= 15 is 0 Å². The summed E-state index contributed by atoms with van der Waals surface area (Å²) >= 11 is 12.7. The maximum atomic E-state index is 5.04. The van der Waals surface area contributed by atoms with Crippen LogP contribution in [0.15, 0.2) is 0 Å². The van der Waals surface area contributed by atoms with E-state index in [1.807, 2.05) is 0 Å². The molecule has 7 heteroatoms. The third kappa shape index (κ3) is 7.02. The van der Waals surface area contributed by atoms with Crippen molar-refractivity contribution in [1.82, 2.24) is 0 Å². The number of rotatable bonds is 8. The third-order valence-corrected chi connectivity index (χ3v) is 10.9. The minimum atomic E-state index is 0.234. The molecule has 18 heavy (non-hydrogen) atoms. The number of thioether (sulfide) groups is 2. The second kappa shape index (κ2) is 10.5. The van der Waals surface area contributed by atoms with Crippen molar-refractivity contribution in [3.05, 3.63) is 0 Å². The number of hydrogen-bond donors (Lipinski definition) is 2. The van der Waals surface area contributed by atoms with Crippen LogP contribution in [0.25, 0.3) is 0 Å². The van der Waals surface area contributed by atoms with Crippen molar-refractivity contribution >= 4 is 64.3 Å². The van der Waals surface area contributed by atoms with E-state index in [4.69, 9.17) is 8.37 Å². The van der Waals surface area contributed by atoms with Gasteiger partial charge in [0.25, 0.3) is 0 Å². The van der Waals surface area contributed by atoms with Crippen LogP contribution in [0.2, 0.25) is 5.32 Å². The summed E-state index contributed by atoms with van der Waals surface area (Å²) in [5.74, 6) is 2.09. The average Bonchev–Trinajstić information content (AvgIpc) is 2.42. The fraction of sp³-hybridized carbons (Fsp3) is 1.00. The van der Waals surface area contributed by atoms with Gasteiger partial charge in [0.2, 0.25) is 0 Å². The molecule has 2 nitrogen and oxygen atoms in total. The molecule has 0 N–H and O–H groups in total. The molecule has 0 amide bonds. The average molecular weight is 394 g/mol. The zero-order valence-electron chi connectivity index (χ0n) is 10.8. The van der Waals surface area contributed by atoms with Gasteiger partial charge in [0.1, 0.15) is 0 Å². The van der Waals surface area contributed by atoms with E-state index in [1.165, 1.54) is 18.2 Å². The molecule has 1 aliphatic heterocycles. The van der Waals surface area contributed by atoms with E-state index in [0.717, 1.165) is 35.9 Å². The van der Waals surface area contributed by atoms with E-state index in [-0.39, 0.29) is 12.2 Å². The molecule has 0 spiro atoms. The predicted octanol–water partition coefficient (Wildman–Crippen LogP) is 3.56. The molecule has 1 rings (SSSR count). The van der Waals surface area contributed by atoms with Gasteiger partial charge in [-0.3, -0.25) is 0 Å². The molecular weight excluding hydrogens is 371 g/mol. The second-order valence-electron chi connectivity index (χ2n) is 4.42. The monoisotopic (exact) mass is 394 g/mol. The first-order chi connectivity index (χ1) is 8.67. The molecular formula is C11H22O2S4Se. The van der Waals surface area contributed by atoms with Crippen molar-refractivity contribution in [1.29, 1.82) is 0 Å². The fourth-order valence-corrected chi connectivity index (χ4v) is 8.90. The minimum absolute atomic E-state index is 0.234. The molecule has 0 aliphatic carbocycles. The summed E-state index contributed by atoms with van der Waals surface area (Å²) in [6.07, 6.45) is 3.21. The van der Waals surface area contributed by atoms with Crippen molar-refractivity contribution < 1.29 is 8.37 Å². The Hall–Kier alpha value is 1.84. The molecule has 4 unspecified atom stereocenters. The van der Waals surface area contributed by atoms with E-state index in [1.54, 1.807) is 0 Å². The Morgan fingerprint density at radius 1 is 1.17 bits per heavy atom. The van der Waals surface area contributed by atoms with Crippen LogP contribution < -0.4 is 0 Å². The zero-order chi connectivity index (χ0) is 13.4. The van der Waals surface area contributed by atoms with Gasteiger partial charge in [-0.15, -0.1) is 0 Å². The summed E-state index contributed by atoms with van der Waals surface area (Å²) in [6, 6.07) is 0. The third-order valence-electron chi connectivity index (χ3n) is 2.62. The maximum absolute atomic E-state index is 5.04. The van der Waals surface area contributed by atoms with E-state index in [2.05, 4.69) is 63.2 Å². The second-order valence-corrected chi connectivity index (χ2v) is 10.6. The topological polar surface area (TPSA) is 18.5 Å². The summed E-state index contributed by atoms with van der Waals surface area (Å²) in [6.45, 7) is 4.15. The Bertz CT molecular complexity index is 201. The molecule has 1 aliphatic rings. The van der Waals surface area contributed by atoms with E-state index in [9.17, 15) is 0 Å². The Kier molecular flexibility index (Phi) is 10.5. The number of thiol groups is 2. The van der Waals surface area contributed by atoms with Crippen molar-refractivity contribution in [2.75, 3.05) is 11.5 Å². The Morgan fingerprint density at radius 3 is 2.39 bits per heavy atom. The summed E-state index contributed by atoms with van der Waals surface area (Å²) in [7, 11) is 0. The van der Waals surface area contributed by atoms with Gasteiger partial charge in [0.15, 0.2) is 0 Å². The predicted molar refractivity (Wildman–Crippen MR) is 91.4 cm³/mol. The van der Waals surface area contributed by atoms with Crippen LogP contribution in [0.5, 0.6) is 0 Å². The van der Waals surface area contributed by atoms with Crippen molar-refractivity contribution in [3.63, 3.8) is 0 Å². The zero-order valence-corrected chi connectivity index (χ0v) is 15.9. The molecule has 0 bridgehead atoms. The summed E-state index contributed by atoms with van der Waals surface area (Å²) < 4.78 is 10.9. The van der Waals surface area contributed by atoms with Gasteiger partial charge in [-0.25, -0.2) is 0 Å². The van der Waals surface area contributed by atoms with Gasteiger partial charge in [-0.1, -0.05) is 0 Å². The normalized spacial score (nSPS) is 28.0. The van der Waals surface area contributed by atoms with Crippen LogP contribution in [-0.2, 0) is 8.37 Å². The van der Waals surface area contributed by atoms with Crippen LogP contribution in [0.4, 0.5) is 0 Å². The van der Waals surface area contributed by atoms with Gasteiger partial charge in [-0.05, 0) is 0 Å². The molecule has 0 saturated carbocycles. The van der Waals surface area contributed by atoms with Crippen LogP contribution in [0, 0.1) is 0 Å². The van der Waals surface area contributed by atoms with Gasteiger partial charge in [0, 0.05) is 0 Å². The first-order valence-electron chi connectivity index (χ1n) is 6.12. The summed E-state index contributed by atoms with van der Waals surface area (Å²) in [5, 5.41) is 2.21. The number of hydrogen-bond acceptors (Lipinski definition) is 6. The van der Waals surface area contributed by atoms with Gasteiger partial charge >= 0.3 is 138 Å². The standard InChI is InChI=1S/C11H22O2S4Se/c1-8(12-14)6-16-10-4-3-5-18-11(10)17-7-9(2)13-15/h8-11,14-15H,3-7H2,1-2H3. The summed E-state index contributed by atoms with van der Waals surface area (Å²) in [5.41, 5.74) is 0. The molecule has 4 atom stereocenters. The van der Waals surface area contributed by atoms with E-state index in [0.29, 0.717) is 0 Å². The van der Waals surface area contributed by atoms with Gasteiger partial charge in [-0.2, -0.15) is 0 Å². The van der Waals surface area contributed by atoms with Crippen molar-refractivity contribution in [2.24, 2.45) is 0 Å². The molecule has 0 aromatic carbocycles. The van der Waals surface area contributed by atoms with Crippen LogP contribution in [-0.4, -0.2) is 48.1 Å². The Balaban J connectivity index is 2.32. The van der Waals surface area contributed by atoms with Crippen LogP contribution >= 0.6 is 49.3 Å². The Morgan fingerprint density at radius 2 is 1.78 bits per heavy atom. The first kappa shape index (κ1) is 17.9. The van der Waals surface area contributed by atoms with E-state index < -0.39 is 0 Å². The van der Waals surface area contributed by atoms with Gasteiger partial charge < -0.3 is 0 Å². The molecule has 0 aromatic rings. The fourth-order valence-electron chi connectivity index (χ4n) is 1.60. The molecule has 0 radical (unpaired) electrons. The Labute approximate surface area is 137 Å². The van der Waals surface area contributed by atoms with Crippen molar-refractivity contribution in [3.8, 4) is 0 Å².